The SMILES string of the molecule is CCOC(=O)c1sc2c(F)ccc(Br)c2c1-c1nc2ccc(C(N)=O)cc2[nH]1.CCOC(=O)c1sc2c(F)ccc(Br)c2c1C=O.I.I[I-]I(I)I(I)I(I)I(I)I(I)I(I)I.NC(=O)c1ccc(N)c(N)c1.NC(=O)c1ccc2nc(-c3c(C(=O)O)sc4c(F)ccc(Br)c34)[nH]c2c1. The fourth-order valence-corrected chi connectivity index (χ4v) is 1900. The second-order valence-corrected chi connectivity index (χ2v) is 332. The number of nitrogens with one attached hydrogen (secondary N) is 2. The molecule has 538 valence electrons. The molecule has 0 saturated carbocycles. The molecule has 5 aromatic heterocycles. The predicted octanol–water partition coefficient (Wildman–Crippen LogP) is 22.5. The zero-order chi connectivity index (χ0) is 72.5. The standard InChI is InChI=1S/C19H13BrFN3O3S.C17H9BrFN3O3S.C12H8BrFO3S.C7H9N3O.I15.HI/c1-2-27-19(26)16-14(13-9(20)4-5-10(21)15(13)28-16)18-23-11-6-3-8(17(22)25)7-12(11)24-18;18-7-2-3-8(19)13-11(7)12(14(26-13)17(24)25)16-21-9-4-1-6(15(20)23)5-10(9)22-16;1-2-17-12(16)10-6(5-15)9-7(13)3-4-8(14)11(9)18-10;8-5-2-1-4(7(10)11)3-6(5)9;1-9-11(4)13(6)15(8)14(7)12(5)10(2)3;/h3-7H,2H2,1H3,(H2,22,25)(H,23,24);1-5H,(H2,20,23)(H,21,22)(H,24,25);3-5H,2H2,1H3;1-3H,8-9H2,(H2,10,11);;1H/q;;;;-1;. The monoisotopic (exact) mass is 3410 g/mol. The van der Waals surface area contributed by atoms with Crippen LogP contribution < -0.4 is 41.9 Å². The third-order valence-corrected chi connectivity index (χ3v) is 927. The number of esters is 2. The van der Waals surface area contributed by atoms with E-state index in [2.05, 4.69) is 217 Å². The van der Waals surface area contributed by atoms with Crippen molar-refractivity contribution >= 4 is 408 Å². The van der Waals surface area contributed by atoms with Crippen LogP contribution in [0.5, 0.6) is 0 Å². The number of aldehydes is 1. The summed E-state index contributed by atoms with van der Waals surface area (Å²) in [7, 11) is -2.01. The number of hydrogen-bond acceptors (Lipinski definition) is 16. The minimum Gasteiger partial charge on any atom is -0.477 e. The van der Waals surface area contributed by atoms with Crippen molar-refractivity contribution in [3.63, 3.8) is 0 Å². The number of nitrogens with two attached hydrogens (primary N) is 5. The number of fused-ring (bicyclic) bond motifs is 5. The predicted molar refractivity (Wildman–Crippen MR) is 535 cm³/mol. The van der Waals surface area contributed by atoms with Crippen LogP contribution in [-0.2, 0) is 9.47 Å². The van der Waals surface area contributed by atoms with E-state index >= 15 is 0 Å². The number of carboxylic acid groups (broad SMARTS) is 1. The van der Waals surface area contributed by atoms with E-state index in [0.29, 0.717) is 121 Å². The van der Waals surface area contributed by atoms with Crippen molar-refractivity contribution in [2.45, 2.75) is 13.8 Å². The summed E-state index contributed by atoms with van der Waals surface area (Å²) in [5, 5.41) is 10.9. The fourth-order valence-electron chi connectivity index (χ4n) is 8.25. The van der Waals surface area contributed by atoms with E-state index < -0.39 is 61.0 Å². The number of ether oxygens (including phenoxy) is 2. The van der Waals surface area contributed by atoms with Gasteiger partial charge in [0.15, 0.2) is 6.29 Å². The molecule has 0 bridgehead atoms. The molecule has 0 aliphatic carbocycles. The minimum absolute atomic E-state index is 0. The zero-order valence-corrected chi connectivity index (χ0v) is 90.5. The summed E-state index contributed by atoms with van der Waals surface area (Å²) in [5.41, 5.74) is 31.4. The van der Waals surface area contributed by atoms with E-state index in [1.165, 1.54) is 48.5 Å². The number of carbonyl (C=O) groups is 7. The van der Waals surface area contributed by atoms with Crippen molar-refractivity contribution in [2.75, 3.05) is 24.7 Å². The van der Waals surface area contributed by atoms with Crippen LogP contribution >= 0.6 is 302 Å². The number of imidazole rings is 2. The van der Waals surface area contributed by atoms with Gasteiger partial charge in [-0.05, 0) is 105 Å². The zero-order valence-electron chi connectivity index (χ0n) is 48.6. The largest absolute Gasteiger partial charge is 0.477 e. The van der Waals surface area contributed by atoms with Gasteiger partial charge < -0.3 is 53.2 Å². The normalized spacial score (nSPS) is 11.7. The number of aromatic carboxylic acids is 1. The van der Waals surface area contributed by atoms with Gasteiger partial charge in [-0.15, -0.1) is 58.0 Å². The number of benzene rings is 6. The molecule has 0 unspecified atom stereocenters. The van der Waals surface area contributed by atoms with Gasteiger partial charge in [0.2, 0.25) is 17.7 Å². The summed E-state index contributed by atoms with van der Waals surface area (Å²) in [6, 6.07) is 22.5. The van der Waals surface area contributed by atoms with Gasteiger partial charge >= 0.3 is 227 Å². The van der Waals surface area contributed by atoms with Crippen molar-refractivity contribution in [2.24, 2.45) is 17.2 Å². The Morgan fingerprint density at radius 1 is 0.566 bits per heavy atom. The number of hydrogen-bond donors (Lipinski definition) is 8. The number of carboxylic acids is 1. The third-order valence-electron chi connectivity index (χ3n) is 12.3. The first-order valence-corrected chi connectivity index (χ1v) is 119. The number of amides is 3. The number of aromatic amines is 2. The van der Waals surface area contributed by atoms with Crippen molar-refractivity contribution in [3.05, 3.63) is 159 Å². The summed E-state index contributed by atoms with van der Waals surface area (Å²) < 4.78 is 54.9. The van der Waals surface area contributed by atoms with Crippen molar-refractivity contribution in [3.8, 4) is 22.8 Å². The Hall–Kier alpha value is 3.14. The topological polar surface area (TPSA) is 346 Å². The van der Waals surface area contributed by atoms with Gasteiger partial charge in [-0.3, -0.25) is 19.2 Å². The average molecular weight is 3410 g/mol. The van der Waals surface area contributed by atoms with Crippen LogP contribution in [0.25, 0.3) is 75.1 Å². The van der Waals surface area contributed by atoms with Crippen LogP contribution in [-0.4, -0.2) is 80.2 Å². The van der Waals surface area contributed by atoms with Crippen molar-refractivity contribution < 1.29 is 74.6 Å². The molecule has 19 nitrogen and oxygen atoms in total. The molecule has 11 rings (SSSR count). The third kappa shape index (κ3) is 23.2. The smallest absolute Gasteiger partial charge is 0.346 e. The molecular weight excluding hydrogens is 3370 g/mol. The van der Waals surface area contributed by atoms with E-state index in [0.717, 1.165) is 34.0 Å². The molecule has 3 amide bonds. The maximum Gasteiger partial charge on any atom is 0.346 e. The summed E-state index contributed by atoms with van der Waals surface area (Å²) in [6.07, 6.45) is 0.551. The van der Waals surface area contributed by atoms with Gasteiger partial charge in [-0.1, -0.05) is 47.8 Å². The second kappa shape index (κ2) is 42.7. The van der Waals surface area contributed by atoms with Crippen LogP contribution in [0.1, 0.15) is 84.3 Å². The van der Waals surface area contributed by atoms with Crippen LogP contribution in [0, 0.1) is 17.5 Å². The number of thiophene rings is 3. The van der Waals surface area contributed by atoms with Crippen LogP contribution in [0.3, 0.4) is 0 Å². The van der Waals surface area contributed by atoms with Crippen molar-refractivity contribution in [1.29, 1.82) is 0 Å². The van der Waals surface area contributed by atoms with E-state index in [9.17, 15) is 51.8 Å². The Morgan fingerprint density at radius 2 is 0.949 bits per heavy atom. The number of carbonyl (C=O) groups excluding carboxylic acids is 6. The molecule has 0 fully saturated rings. The molecule has 99 heavy (non-hydrogen) atoms. The molecule has 0 atom stereocenters. The Labute approximate surface area is 722 Å². The van der Waals surface area contributed by atoms with Gasteiger partial charge in [0.1, 0.15) is 43.7 Å². The first-order chi connectivity index (χ1) is 46.3. The number of rotatable bonds is 17. The number of nitrogen functional groups attached to an aromatic ring is 2. The summed E-state index contributed by atoms with van der Waals surface area (Å²) in [4.78, 5) is 95.9. The van der Waals surface area contributed by atoms with E-state index in [1.54, 1.807) is 56.3 Å². The molecule has 13 N–H and O–H groups in total. The van der Waals surface area contributed by atoms with Crippen LogP contribution in [0.15, 0.2) is 104 Å². The van der Waals surface area contributed by atoms with Gasteiger partial charge in [0.05, 0.1) is 71.9 Å². The molecule has 6 aromatic carbocycles. The molecule has 0 aliphatic rings. The van der Waals surface area contributed by atoms with Gasteiger partial charge in [-0.2, -0.15) is 0 Å². The Morgan fingerprint density at radius 3 is 1.35 bits per heavy atom. The molecule has 0 spiro atoms. The molecule has 0 saturated heterocycles. The maximum atomic E-state index is 14.4. The number of aromatic nitrogens is 4. The first kappa shape index (κ1) is 91.0. The van der Waals surface area contributed by atoms with Gasteiger partial charge in [-0.25, -0.2) is 37.5 Å². The first-order valence-electron chi connectivity index (χ1n) is 25.8. The van der Waals surface area contributed by atoms with Crippen molar-refractivity contribution in [1.82, 2.24) is 19.9 Å². The average Bonchev–Trinajstić information content (AvgIpc) is 1.61. The van der Waals surface area contributed by atoms with Crippen LogP contribution in [0.2, 0.25) is 0 Å². The van der Waals surface area contributed by atoms with Gasteiger partial charge in [0.25, 0.3) is 0 Å². The number of anilines is 2. The molecule has 0 aliphatic heterocycles. The fraction of sp³-hybridized carbons (Fsp3) is 0.0727. The molecule has 5 heterocycles. The maximum absolute atomic E-state index is 14.4. The molecule has 11 aromatic rings. The second-order valence-electron chi connectivity index (χ2n) is 18.1. The number of primary amides is 3. The summed E-state index contributed by atoms with van der Waals surface area (Å²) in [6.45, 7) is 3.77. The summed E-state index contributed by atoms with van der Waals surface area (Å²) >= 11 is 37.1. The molecular formula is C55H40Br3F3I16N9O10S3-. The number of halogens is 22. The molecule has 0 radical (unpaired) electrons. The van der Waals surface area contributed by atoms with E-state index in [1.807, 2.05) is 0 Å². The molecule has 44 heteroatoms. The Balaban J connectivity index is 0.000000202. The van der Waals surface area contributed by atoms with Gasteiger partial charge in [0, 0.05) is 51.8 Å². The summed E-state index contributed by atoms with van der Waals surface area (Å²) in [5.74, 6) is -4.74. The minimum atomic E-state index is -1.18. The van der Waals surface area contributed by atoms with E-state index in [4.69, 9.17) is 38.1 Å². The van der Waals surface area contributed by atoms with Crippen LogP contribution in [0.4, 0.5) is 24.5 Å². The quantitative estimate of drug-likeness (QED) is 0.0182. The number of H-pyrrole nitrogens is 2. The Kier molecular flexibility index (Phi) is 39.2. The number of nitrogens with zero attached hydrogens (tertiary/aromatic N) is 2. The Bertz CT molecular complexity index is 4910. The van der Waals surface area contributed by atoms with E-state index in [-0.39, 0.29) is 112 Å².